The van der Waals surface area contributed by atoms with Crippen molar-refractivity contribution in [2.75, 3.05) is 11.8 Å². The molecule has 0 fully saturated rings. The first-order chi connectivity index (χ1) is 9.01. The summed E-state index contributed by atoms with van der Waals surface area (Å²) < 4.78 is 26.8. The van der Waals surface area contributed by atoms with Gasteiger partial charge in [-0.05, 0) is 32.2 Å². The van der Waals surface area contributed by atoms with Gasteiger partial charge in [0, 0.05) is 30.3 Å². The van der Waals surface area contributed by atoms with E-state index in [1.165, 1.54) is 6.20 Å². The molecule has 19 heavy (non-hydrogen) atoms. The summed E-state index contributed by atoms with van der Waals surface area (Å²) >= 11 is 0. The molecule has 0 unspecified atom stereocenters. The number of hydrogen-bond donors (Lipinski definition) is 3. The summed E-state index contributed by atoms with van der Waals surface area (Å²) in [5.41, 5.74) is 2.07. The minimum Gasteiger partial charge on any atom is -0.363 e. The smallest absolute Gasteiger partial charge is 0.263 e. The summed E-state index contributed by atoms with van der Waals surface area (Å²) in [5.74, 6) is 0. The van der Waals surface area contributed by atoms with Crippen LogP contribution in [0.1, 0.15) is 11.4 Å². The first kappa shape index (κ1) is 13.6. The maximum atomic E-state index is 12.2. The highest BCUT2D eigenvalue weighted by Crippen LogP contribution is 2.16. The molecule has 6 nitrogen and oxygen atoms in total. The SMILES string of the molecule is CNCc1cc(S(=O)(=O)Nc2ccnc(C)c2)c[nH]1. The highest BCUT2D eigenvalue weighted by atomic mass is 32.2. The first-order valence-corrected chi connectivity index (χ1v) is 7.27. The van der Waals surface area contributed by atoms with Crippen LogP contribution < -0.4 is 10.0 Å². The topological polar surface area (TPSA) is 86.9 Å². The van der Waals surface area contributed by atoms with Crippen molar-refractivity contribution in [2.45, 2.75) is 18.4 Å². The number of pyridine rings is 1. The van der Waals surface area contributed by atoms with Crippen molar-refractivity contribution in [2.24, 2.45) is 0 Å². The first-order valence-electron chi connectivity index (χ1n) is 5.78. The molecule has 0 radical (unpaired) electrons. The van der Waals surface area contributed by atoms with E-state index >= 15 is 0 Å². The number of nitrogens with zero attached hydrogens (tertiary/aromatic N) is 1. The van der Waals surface area contributed by atoms with Crippen LogP contribution >= 0.6 is 0 Å². The van der Waals surface area contributed by atoms with Gasteiger partial charge in [0.15, 0.2) is 0 Å². The van der Waals surface area contributed by atoms with Crippen LogP contribution in [0.15, 0.2) is 35.5 Å². The number of sulfonamides is 1. The molecular formula is C12H16N4O2S. The van der Waals surface area contributed by atoms with Gasteiger partial charge in [-0.2, -0.15) is 0 Å². The Morgan fingerprint density at radius 1 is 1.37 bits per heavy atom. The van der Waals surface area contributed by atoms with Gasteiger partial charge < -0.3 is 10.3 Å². The third kappa shape index (κ3) is 3.33. The zero-order valence-corrected chi connectivity index (χ0v) is 11.6. The molecular weight excluding hydrogens is 264 g/mol. The average molecular weight is 280 g/mol. The second-order valence-electron chi connectivity index (χ2n) is 4.18. The van der Waals surface area contributed by atoms with E-state index in [2.05, 4.69) is 20.0 Å². The predicted octanol–water partition coefficient (Wildman–Crippen LogP) is 1.24. The fourth-order valence-electron chi connectivity index (χ4n) is 1.69. The molecule has 2 aromatic rings. The number of aryl methyl sites for hydroxylation is 1. The predicted molar refractivity (Wildman–Crippen MR) is 73.3 cm³/mol. The molecule has 0 spiro atoms. The summed E-state index contributed by atoms with van der Waals surface area (Å²) in [5, 5.41) is 2.95. The van der Waals surface area contributed by atoms with Crippen molar-refractivity contribution in [3.8, 4) is 0 Å². The number of rotatable bonds is 5. The Morgan fingerprint density at radius 2 is 2.16 bits per heavy atom. The van der Waals surface area contributed by atoms with Crippen molar-refractivity contribution in [3.05, 3.63) is 42.0 Å². The van der Waals surface area contributed by atoms with E-state index in [9.17, 15) is 8.42 Å². The van der Waals surface area contributed by atoms with Crippen molar-refractivity contribution >= 4 is 15.7 Å². The Morgan fingerprint density at radius 3 is 2.84 bits per heavy atom. The van der Waals surface area contributed by atoms with Crippen LogP contribution in [0.3, 0.4) is 0 Å². The number of anilines is 1. The van der Waals surface area contributed by atoms with Crippen LogP contribution in [0.2, 0.25) is 0 Å². The lowest BCUT2D eigenvalue weighted by atomic mass is 10.3. The molecule has 0 amide bonds. The van der Waals surface area contributed by atoms with Gasteiger partial charge in [0.25, 0.3) is 10.0 Å². The Bertz CT molecular complexity index is 664. The molecule has 2 heterocycles. The zero-order chi connectivity index (χ0) is 13.9. The Labute approximate surface area is 112 Å². The van der Waals surface area contributed by atoms with Crippen LogP contribution in [0, 0.1) is 6.92 Å². The zero-order valence-electron chi connectivity index (χ0n) is 10.8. The number of aromatic nitrogens is 2. The van der Waals surface area contributed by atoms with Gasteiger partial charge >= 0.3 is 0 Å². The molecule has 0 aliphatic carbocycles. The van der Waals surface area contributed by atoms with Crippen molar-refractivity contribution in [3.63, 3.8) is 0 Å². The third-order valence-electron chi connectivity index (χ3n) is 2.54. The van der Waals surface area contributed by atoms with E-state index < -0.39 is 10.0 Å². The highest BCUT2D eigenvalue weighted by Gasteiger charge is 2.16. The fourth-order valence-corrected chi connectivity index (χ4v) is 2.76. The molecule has 0 aliphatic heterocycles. The van der Waals surface area contributed by atoms with Gasteiger partial charge in [0.05, 0.1) is 5.69 Å². The van der Waals surface area contributed by atoms with Gasteiger partial charge in [-0.3, -0.25) is 9.71 Å². The lowest BCUT2D eigenvalue weighted by Gasteiger charge is -2.06. The van der Waals surface area contributed by atoms with E-state index in [1.807, 2.05) is 0 Å². The lowest BCUT2D eigenvalue weighted by molar-refractivity contribution is 0.601. The van der Waals surface area contributed by atoms with Gasteiger partial charge in [-0.15, -0.1) is 0 Å². The van der Waals surface area contributed by atoms with Crippen LogP contribution in [0.5, 0.6) is 0 Å². The summed E-state index contributed by atoms with van der Waals surface area (Å²) in [6, 6.07) is 4.90. The van der Waals surface area contributed by atoms with E-state index in [4.69, 9.17) is 0 Å². The van der Waals surface area contributed by atoms with Crippen molar-refractivity contribution < 1.29 is 8.42 Å². The Kier molecular flexibility index (Phi) is 3.87. The van der Waals surface area contributed by atoms with Gasteiger partial charge in [-0.25, -0.2) is 8.42 Å². The molecule has 2 rings (SSSR count). The molecule has 0 aromatic carbocycles. The molecule has 0 saturated carbocycles. The number of hydrogen-bond acceptors (Lipinski definition) is 4. The standard InChI is InChI=1S/C12H16N4O2S/c1-9-5-10(3-4-14-9)16-19(17,18)12-6-11(7-13-2)15-8-12/h3-6,8,13,15H,7H2,1-2H3,(H,14,16). The average Bonchev–Trinajstić information content (AvgIpc) is 2.78. The van der Waals surface area contributed by atoms with Gasteiger partial charge in [0.2, 0.25) is 0 Å². The number of aromatic amines is 1. The number of nitrogens with one attached hydrogen (secondary N) is 3. The van der Waals surface area contributed by atoms with Crippen LogP contribution in [0.25, 0.3) is 0 Å². The van der Waals surface area contributed by atoms with Crippen LogP contribution in [-0.2, 0) is 16.6 Å². The highest BCUT2D eigenvalue weighted by molar-refractivity contribution is 7.92. The Balaban J connectivity index is 2.22. The molecule has 102 valence electrons. The number of H-pyrrole nitrogens is 1. The summed E-state index contributed by atoms with van der Waals surface area (Å²) in [7, 11) is -1.77. The minimum absolute atomic E-state index is 0.215. The molecule has 2 aromatic heterocycles. The molecule has 0 saturated heterocycles. The monoisotopic (exact) mass is 280 g/mol. The van der Waals surface area contributed by atoms with E-state index in [-0.39, 0.29) is 4.90 Å². The van der Waals surface area contributed by atoms with Crippen LogP contribution in [-0.4, -0.2) is 25.4 Å². The molecule has 0 bridgehead atoms. The molecule has 0 atom stereocenters. The lowest BCUT2D eigenvalue weighted by Crippen LogP contribution is -2.12. The molecule has 0 aliphatic rings. The van der Waals surface area contributed by atoms with E-state index in [0.717, 1.165) is 11.4 Å². The second-order valence-corrected chi connectivity index (χ2v) is 5.86. The van der Waals surface area contributed by atoms with Crippen LogP contribution in [0.4, 0.5) is 5.69 Å². The second kappa shape index (κ2) is 5.41. The van der Waals surface area contributed by atoms with Crippen molar-refractivity contribution in [1.29, 1.82) is 0 Å². The summed E-state index contributed by atoms with van der Waals surface area (Å²) in [4.78, 5) is 7.15. The van der Waals surface area contributed by atoms with Gasteiger partial charge in [-0.1, -0.05) is 0 Å². The molecule has 7 heteroatoms. The minimum atomic E-state index is -3.56. The largest absolute Gasteiger partial charge is 0.363 e. The summed E-state index contributed by atoms with van der Waals surface area (Å²) in [6.07, 6.45) is 3.04. The maximum Gasteiger partial charge on any atom is 0.263 e. The molecule has 3 N–H and O–H groups in total. The van der Waals surface area contributed by atoms with Crippen molar-refractivity contribution in [1.82, 2.24) is 15.3 Å². The normalized spacial score (nSPS) is 11.5. The summed E-state index contributed by atoms with van der Waals surface area (Å²) in [6.45, 7) is 2.39. The van der Waals surface area contributed by atoms with E-state index in [1.54, 1.807) is 38.4 Å². The quantitative estimate of drug-likeness (QED) is 0.769. The third-order valence-corrected chi connectivity index (χ3v) is 3.90. The Hall–Kier alpha value is -1.86. The fraction of sp³-hybridized carbons (Fsp3) is 0.250. The maximum absolute atomic E-state index is 12.2. The van der Waals surface area contributed by atoms with Gasteiger partial charge in [0.1, 0.15) is 4.90 Å². The van der Waals surface area contributed by atoms with E-state index in [0.29, 0.717) is 12.2 Å².